The average molecular weight is 261 g/mol. The van der Waals surface area contributed by atoms with E-state index >= 15 is 0 Å². The van der Waals surface area contributed by atoms with Gasteiger partial charge in [0.15, 0.2) is 0 Å². The SMILES string of the molecule is CCOC(=O)CCNC1CCCCc2ccccc21. The van der Waals surface area contributed by atoms with Crippen LogP contribution in [0.1, 0.15) is 49.8 Å². The van der Waals surface area contributed by atoms with Crippen molar-refractivity contribution in [2.24, 2.45) is 0 Å². The number of carbonyl (C=O) groups is 1. The van der Waals surface area contributed by atoms with E-state index in [1.807, 2.05) is 6.92 Å². The Morgan fingerprint density at radius 1 is 1.37 bits per heavy atom. The Morgan fingerprint density at radius 3 is 3.05 bits per heavy atom. The quantitative estimate of drug-likeness (QED) is 0.654. The molecule has 19 heavy (non-hydrogen) atoms. The number of ether oxygens (including phenoxy) is 1. The van der Waals surface area contributed by atoms with Crippen LogP contribution in [0.15, 0.2) is 24.3 Å². The zero-order valence-corrected chi connectivity index (χ0v) is 11.7. The van der Waals surface area contributed by atoms with Crippen LogP contribution >= 0.6 is 0 Å². The molecule has 0 radical (unpaired) electrons. The molecule has 0 fully saturated rings. The number of benzene rings is 1. The lowest BCUT2D eigenvalue weighted by Crippen LogP contribution is -2.25. The molecule has 3 nitrogen and oxygen atoms in total. The summed E-state index contributed by atoms with van der Waals surface area (Å²) < 4.78 is 4.95. The fraction of sp³-hybridized carbons (Fsp3) is 0.562. The number of carbonyl (C=O) groups excluding carboxylic acids is 1. The lowest BCUT2D eigenvalue weighted by molar-refractivity contribution is -0.143. The maximum absolute atomic E-state index is 11.3. The van der Waals surface area contributed by atoms with Crippen molar-refractivity contribution in [1.29, 1.82) is 0 Å². The molecule has 1 unspecified atom stereocenters. The molecule has 1 aromatic carbocycles. The summed E-state index contributed by atoms with van der Waals surface area (Å²) in [5.74, 6) is -0.114. The summed E-state index contributed by atoms with van der Waals surface area (Å²) in [6.45, 7) is 3.00. The van der Waals surface area contributed by atoms with Gasteiger partial charge >= 0.3 is 5.97 Å². The van der Waals surface area contributed by atoms with Gasteiger partial charge in [0.25, 0.3) is 0 Å². The second kappa shape index (κ2) is 7.29. The van der Waals surface area contributed by atoms with Crippen molar-refractivity contribution in [3.8, 4) is 0 Å². The van der Waals surface area contributed by atoms with Gasteiger partial charge in [0.2, 0.25) is 0 Å². The van der Waals surface area contributed by atoms with Gasteiger partial charge in [-0.15, -0.1) is 0 Å². The molecule has 1 N–H and O–H groups in total. The molecular formula is C16H23NO2. The Kier molecular flexibility index (Phi) is 5.40. The zero-order valence-electron chi connectivity index (χ0n) is 11.7. The molecule has 0 aromatic heterocycles. The van der Waals surface area contributed by atoms with Gasteiger partial charge in [0, 0.05) is 12.6 Å². The van der Waals surface area contributed by atoms with Gasteiger partial charge in [-0.2, -0.15) is 0 Å². The van der Waals surface area contributed by atoms with E-state index in [0.29, 0.717) is 25.6 Å². The smallest absolute Gasteiger partial charge is 0.307 e. The van der Waals surface area contributed by atoms with Crippen molar-refractivity contribution in [2.75, 3.05) is 13.2 Å². The summed E-state index contributed by atoms with van der Waals surface area (Å²) in [6, 6.07) is 9.03. The fourth-order valence-electron chi connectivity index (χ4n) is 2.71. The summed E-state index contributed by atoms with van der Waals surface area (Å²) in [4.78, 5) is 11.3. The highest BCUT2D eigenvalue weighted by atomic mass is 16.5. The number of hydrogen-bond donors (Lipinski definition) is 1. The second-order valence-corrected chi connectivity index (χ2v) is 5.01. The van der Waals surface area contributed by atoms with Crippen molar-refractivity contribution in [2.45, 2.75) is 45.1 Å². The number of rotatable bonds is 5. The predicted octanol–water partition coefficient (Wildman–Crippen LogP) is 3.00. The number of aryl methyl sites for hydroxylation is 1. The van der Waals surface area contributed by atoms with Crippen molar-refractivity contribution >= 4 is 5.97 Å². The van der Waals surface area contributed by atoms with E-state index in [9.17, 15) is 4.79 Å². The normalized spacial score (nSPS) is 18.5. The third-order valence-electron chi connectivity index (χ3n) is 3.64. The molecule has 3 heteroatoms. The molecule has 0 aliphatic heterocycles. The lowest BCUT2D eigenvalue weighted by atomic mass is 9.99. The maximum Gasteiger partial charge on any atom is 0.307 e. The highest BCUT2D eigenvalue weighted by Crippen LogP contribution is 2.28. The predicted molar refractivity (Wildman–Crippen MR) is 76.0 cm³/mol. The first-order valence-corrected chi connectivity index (χ1v) is 7.28. The highest BCUT2D eigenvalue weighted by molar-refractivity contribution is 5.69. The number of fused-ring (bicyclic) bond motifs is 1. The first-order chi connectivity index (χ1) is 9.31. The molecule has 104 valence electrons. The number of esters is 1. The molecule has 1 atom stereocenters. The molecule has 1 aliphatic rings. The Bertz CT molecular complexity index is 417. The summed E-state index contributed by atoms with van der Waals surface area (Å²) in [7, 11) is 0. The van der Waals surface area contributed by atoms with Crippen LogP contribution in [0.5, 0.6) is 0 Å². The monoisotopic (exact) mass is 261 g/mol. The summed E-state index contributed by atoms with van der Waals surface area (Å²) in [5, 5.41) is 3.51. The van der Waals surface area contributed by atoms with E-state index in [1.165, 1.54) is 30.4 Å². The second-order valence-electron chi connectivity index (χ2n) is 5.01. The largest absolute Gasteiger partial charge is 0.466 e. The van der Waals surface area contributed by atoms with E-state index in [1.54, 1.807) is 0 Å². The molecule has 1 aliphatic carbocycles. The molecule has 0 amide bonds. The van der Waals surface area contributed by atoms with Crippen molar-refractivity contribution in [3.63, 3.8) is 0 Å². The minimum Gasteiger partial charge on any atom is -0.466 e. The first kappa shape index (κ1) is 14.1. The van der Waals surface area contributed by atoms with E-state index < -0.39 is 0 Å². The molecule has 0 saturated carbocycles. The molecule has 0 bridgehead atoms. The molecule has 0 saturated heterocycles. The Morgan fingerprint density at radius 2 is 2.21 bits per heavy atom. The van der Waals surface area contributed by atoms with Crippen LogP contribution in [0.4, 0.5) is 0 Å². The molecule has 0 heterocycles. The Labute approximate surface area is 115 Å². The van der Waals surface area contributed by atoms with Crippen LogP contribution in [0.25, 0.3) is 0 Å². The third-order valence-corrected chi connectivity index (χ3v) is 3.64. The molecular weight excluding hydrogens is 238 g/mol. The zero-order chi connectivity index (χ0) is 13.5. The van der Waals surface area contributed by atoms with E-state index in [0.717, 1.165) is 6.42 Å². The minimum absolute atomic E-state index is 0.114. The fourth-order valence-corrected chi connectivity index (χ4v) is 2.71. The van der Waals surface area contributed by atoms with Crippen molar-refractivity contribution < 1.29 is 9.53 Å². The van der Waals surface area contributed by atoms with Crippen LogP contribution in [-0.2, 0) is 16.0 Å². The van der Waals surface area contributed by atoms with Crippen LogP contribution in [0, 0.1) is 0 Å². The van der Waals surface area contributed by atoms with Gasteiger partial charge in [-0.1, -0.05) is 30.7 Å². The lowest BCUT2D eigenvalue weighted by Gasteiger charge is -2.19. The number of nitrogens with one attached hydrogen (secondary N) is 1. The van der Waals surface area contributed by atoms with E-state index in [4.69, 9.17) is 4.74 Å². The number of hydrogen-bond acceptors (Lipinski definition) is 3. The van der Waals surface area contributed by atoms with Crippen LogP contribution < -0.4 is 5.32 Å². The van der Waals surface area contributed by atoms with Crippen molar-refractivity contribution in [1.82, 2.24) is 5.32 Å². The average Bonchev–Trinajstić information content (AvgIpc) is 2.62. The van der Waals surface area contributed by atoms with Crippen LogP contribution in [-0.4, -0.2) is 19.1 Å². The maximum atomic E-state index is 11.3. The summed E-state index contributed by atoms with van der Waals surface area (Å²) in [5.41, 5.74) is 2.86. The molecule has 1 aromatic rings. The van der Waals surface area contributed by atoms with Crippen molar-refractivity contribution in [3.05, 3.63) is 35.4 Å². The Balaban J connectivity index is 1.91. The Hall–Kier alpha value is -1.35. The van der Waals surface area contributed by atoms with Gasteiger partial charge in [-0.05, 0) is 37.3 Å². The third kappa shape index (κ3) is 4.06. The first-order valence-electron chi connectivity index (χ1n) is 7.28. The van der Waals surface area contributed by atoms with Crippen LogP contribution in [0.2, 0.25) is 0 Å². The standard InChI is InChI=1S/C16H23NO2/c1-2-19-16(18)11-12-17-15-10-6-4-8-13-7-3-5-9-14(13)15/h3,5,7,9,15,17H,2,4,6,8,10-12H2,1H3. The van der Waals surface area contributed by atoms with Gasteiger partial charge in [0.05, 0.1) is 13.0 Å². The highest BCUT2D eigenvalue weighted by Gasteiger charge is 2.17. The molecule has 2 rings (SSSR count). The van der Waals surface area contributed by atoms with Gasteiger partial charge in [-0.3, -0.25) is 4.79 Å². The topological polar surface area (TPSA) is 38.3 Å². The van der Waals surface area contributed by atoms with E-state index in [-0.39, 0.29) is 5.97 Å². The minimum atomic E-state index is -0.114. The van der Waals surface area contributed by atoms with Gasteiger partial charge < -0.3 is 10.1 Å². The summed E-state index contributed by atoms with van der Waals surface area (Å²) in [6.07, 6.45) is 5.28. The van der Waals surface area contributed by atoms with Crippen LogP contribution in [0.3, 0.4) is 0 Å². The summed E-state index contributed by atoms with van der Waals surface area (Å²) >= 11 is 0. The van der Waals surface area contributed by atoms with Gasteiger partial charge in [-0.25, -0.2) is 0 Å². The van der Waals surface area contributed by atoms with Gasteiger partial charge in [0.1, 0.15) is 0 Å². The molecule has 0 spiro atoms. The van der Waals surface area contributed by atoms with E-state index in [2.05, 4.69) is 29.6 Å².